The molecule has 2 bridgehead atoms. The highest BCUT2D eigenvalue weighted by molar-refractivity contribution is 5.15. The molecule has 3 rings (SSSR count). The SMILES string of the molecule is C(=C1CC2CCC(C1)N2)C1CCOC1. The second-order valence-corrected chi connectivity index (χ2v) is 4.99. The normalized spacial score (nSPS) is 41.7. The van der Waals surface area contributed by atoms with Gasteiger partial charge in [-0.15, -0.1) is 0 Å². The number of piperidine rings is 1. The van der Waals surface area contributed by atoms with E-state index in [1.807, 2.05) is 0 Å². The molecule has 0 aromatic rings. The maximum absolute atomic E-state index is 5.41. The van der Waals surface area contributed by atoms with Crippen LogP contribution in [-0.4, -0.2) is 25.3 Å². The van der Waals surface area contributed by atoms with Crippen molar-refractivity contribution in [3.63, 3.8) is 0 Å². The molecule has 3 unspecified atom stereocenters. The van der Waals surface area contributed by atoms with Crippen LogP contribution in [0.1, 0.15) is 32.1 Å². The summed E-state index contributed by atoms with van der Waals surface area (Å²) in [6.45, 7) is 1.94. The summed E-state index contributed by atoms with van der Waals surface area (Å²) in [5.74, 6) is 0.725. The van der Waals surface area contributed by atoms with Crippen LogP contribution >= 0.6 is 0 Å². The highest BCUT2D eigenvalue weighted by Gasteiger charge is 2.30. The molecule has 2 heteroatoms. The third-order valence-corrected chi connectivity index (χ3v) is 3.79. The summed E-state index contributed by atoms with van der Waals surface area (Å²) in [7, 11) is 0. The van der Waals surface area contributed by atoms with Crippen molar-refractivity contribution in [3.8, 4) is 0 Å². The summed E-state index contributed by atoms with van der Waals surface area (Å²) in [5.41, 5.74) is 1.70. The molecule has 3 aliphatic rings. The second-order valence-electron chi connectivity index (χ2n) is 4.99. The quantitative estimate of drug-likeness (QED) is 0.642. The zero-order valence-corrected chi connectivity index (χ0v) is 8.67. The number of fused-ring (bicyclic) bond motifs is 2. The summed E-state index contributed by atoms with van der Waals surface area (Å²) in [6.07, 6.45) is 9.14. The van der Waals surface area contributed by atoms with E-state index < -0.39 is 0 Å². The van der Waals surface area contributed by atoms with Crippen molar-refractivity contribution in [3.05, 3.63) is 11.6 Å². The molecule has 78 valence electrons. The lowest BCUT2D eigenvalue weighted by Gasteiger charge is -2.24. The largest absolute Gasteiger partial charge is 0.381 e. The van der Waals surface area contributed by atoms with Gasteiger partial charge in [-0.25, -0.2) is 0 Å². The minimum Gasteiger partial charge on any atom is -0.381 e. The van der Waals surface area contributed by atoms with Crippen molar-refractivity contribution in [2.24, 2.45) is 5.92 Å². The predicted molar refractivity (Wildman–Crippen MR) is 56.2 cm³/mol. The Hall–Kier alpha value is -0.340. The van der Waals surface area contributed by atoms with Crippen LogP contribution in [0.3, 0.4) is 0 Å². The first-order valence-corrected chi connectivity index (χ1v) is 5.93. The average molecular weight is 193 g/mol. The van der Waals surface area contributed by atoms with Crippen molar-refractivity contribution < 1.29 is 4.74 Å². The van der Waals surface area contributed by atoms with Gasteiger partial charge >= 0.3 is 0 Å². The molecule has 2 nitrogen and oxygen atoms in total. The third kappa shape index (κ3) is 1.73. The Morgan fingerprint density at radius 1 is 1.14 bits per heavy atom. The van der Waals surface area contributed by atoms with Gasteiger partial charge in [-0.05, 0) is 32.1 Å². The van der Waals surface area contributed by atoms with E-state index >= 15 is 0 Å². The molecule has 0 radical (unpaired) electrons. The highest BCUT2D eigenvalue weighted by Crippen LogP contribution is 2.31. The lowest BCUT2D eigenvalue weighted by Crippen LogP contribution is -2.34. The zero-order chi connectivity index (χ0) is 9.38. The monoisotopic (exact) mass is 193 g/mol. The Labute approximate surface area is 85.7 Å². The highest BCUT2D eigenvalue weighted by atomic mass is 16.5. The fourth-order valence-corrected chi connectivity index (χ4v) is 3.09. The summed E-state index contributed by atoms with van der Waals surface area (Å²) in [6, 6.07) is 1.59. The van der Waals surface area contributed by atoms with Crippen molar-refractivity contribution in [1.29, 1.82) is 0 Å². The summed E-state index contributed by atoms with van der Waals surface area (Å²) in [4.78, 5) is 0. The second kappa shape index (κ2) is 3.67. The molecule has 0 aromatic heterocycles. The number of ether oxygens (including phenoxy) is 1. The summed E-state index contributed by atoms with van der Waals surface area (Å²) < 4.78 is 5.41. The molecule has 3 heterocycles. The lowest BCUT2D eigenvalue weighted by atomic mass is 9.94. The Morgan fingerprint density at radius 3 is 2.57 bits per heavy atom. The first kappa shape index (κ1) is 8.93. The van der Waals surface area contributed by atoms with Crippen LogP contribution in [0, 0.1) is 5.92 Å². The van der Waals surface area contributed by atoms with E-state index in [1.54, 1.807) is 5.57 Å². The summed E-state index contributed by atoms with van der Waals surface area (Å²) >= 11 is 0. The first-order chi connectivity index (χ1) is 6.90. The molecule has 0 amide bonds. The van der Waals surface area contributed by atoms with Gasteiger partial charge in [0.15, 0.2) is 0 Å². The maximum Gasteiger partial charge on any atom is 0.0529 e. The van der Waals surface area contributed by atoms with Crippen LogP contribution in [0.2, 0.25) is 0 Å². The molecule has 3 saturated heterocycles. The van der Waals surface area contributed by atoms with Crippen LogP contribution in [-0.2, 0) is 4.74 Å². The van der Waals surface area contributed by atoms with Gasteiger partial charge in [-0.1, -0.05) is 11.6 Å². The fraction of sp³-hybridized carbons (Fsp3) is 0.833. The van der Waals surface area contributed by atoms with E-state index in [-0.39, 0.29) is 0 Å². The lowest BCUT2D eigenvalue weighted by molar-refractivity contribution is 0.191. The Balaban J connectivity index is 1.67. The van der Waals surface area contributed by atoms with Crippen LogP contribution in [0.25, 0.3) is 0 Å². The number of nitrogens with one attached hydrogen (secondary N) is 1. The number of hydrogen-bond acceptors (Lipinski definition) is 2. The van der Waals surface area contributed by atoms with E-state index in [2.05, 4.69) is 11.4 Å². The van der Waals surface area contributed by atoms with Gasteiger partial charge < -0.3 is 10.1 Å². The summed E-state index contributed by atoms with van der Waals surface area (Å²) in [5, 5.41) is 3.67. The van der Waals surface area contributed by atoms with E-state index in [0.717, 1.165) is 31.2 Å². The molecular weight excluding hydrogens is 174 g/mol. The van der Waals surface area contributed by atoms with Crippen molar-refractivity contribution in [2.45, 2.75) is 44.2 Å². The van der Waals surface area contributed by atoms with Gasteiger partial charge in [0.1, 0.15) is 0 Å². The standard InChI is InChI=1S/C12H19NO/c1-2-12-7-10(6-11(1)13-12)5-9-3-4-14-8-9/h5,9,11-13H,1-4,6-8H2. The van der Waals surface area contributed by atoms with Gasteiger partial charge in [0.05, 0.1) is 6.61 Å². The molecule has 1 N–H and O–H groups in total. The molecule has 0 aromatic carbocycles. The van der Waals surface area contributed by atoms with Crippen molar-refractivity contribution in [2.75, 3.05) is 13.2 Å². The van der Waals surface area contributed by atoms with E-state index in [0.29, 0.717) is 0 Å². The Kier molecular flexibility index (Phi) is 2.34. The zero-order valence-electron chi connectivity index (χ0n) is 8.67. The number of hydrogen-bond donors (Lipinski definition) is 1. The molecular formula is C12H19NO. The molecule has 0 aliphatic carbocycles. The third-order valence-electron chi connectivity index (χ3n) is 3.79. The first-order valence-electron chi connectivity index (χ1n) is 5.93. The average Bonchev–Trinajstić information content (AvgIpc) is 2.77. The number of rotatable bonds is 1. The Bertz CT molecular complexity index is 229. The van der Waals surface area contributed by atoms with E-state index in [4.69, 9.17) is 4.74 Å². The molecule has 0 spiro atoms. The maximum atomic E-state index is 5.41. The van der Waals surface area contributed by atoms with Gasteiger partial charge in [-0.3, -0.25) is 0 Å². The van der Waals surface area contributed by atoms with Gasteiger partial charge in [0.2, 0.25) is 0 Å². The van der Waals surface area contributed by atoms with Gasteiger partial charge in [-0.2, -0.15) is 0 Å². The smallest absolute Gasteiger partial charge is 0.0529 e. The molecule has 0 saturated carbocycles. The minimum atomic E-state index is 0.725. The van der Waals surface area contributed by atoms with E-state index in [9.17, 15) is 0 Å². The van der Waals surface area contributed by atoms with E-state index in [1.165, 1.54) is 32.1 Å². The predicted octanol–water partition coefficient (Wildman–Crippen LogP) is 1.86. The minimum absolute atomic E-state index is 0.725. The molecule has 14 heavy (non-hydrogen) atoms. The Morgan fingerprint density at radius 2 is 1.93 bits per heavy atom. The van der Waals surface area contributed by atoms with Crippen LogP contribution < -0.4 is 5.32 Å². The van der Waals surface area contributed by atoms with Crippen LogP contribution in [0.5, 0.6) is 0 Å². The van der Waals surface area contributed by atoms with Crippen molar-refractivity contribution >= 4 is 0 Å². The van der Waals surface area contributed by atoms with Gasteiger partial charge in [0.25, 0.3) is 0 Å². The van der Waals surface area contributed by atoms with Crippen molar-refractivity contribution in [1.82, 2.24) is 5.32 Å². The topological polar surface area (TPSA) is 21.3 Å². The van der Waals surface area contributed by atoms with Crippen LogP contribution in [0.4, 0.5) is 0 Å². The molecule has 3 aliphatic heterocycles. The van der Waals surface area contributed by atoms with Gasteiger partial charge in [0, 0.05) is 24.6 Å². The van der Waals surface area contributed by atoms with Crippen LogP contribution in [0.15, 0.2) is 11.6 Å². The molecule has 3 atom stereocenters. The fourth-order valence-electron chi connectivity index (χ4n) is 3.09. The molecule has 3 fully saturated rings.